The van der Waals surface area contributed by atoms with E-state index in [1.807, 2.05) is 0 Å². The summed E-state index contributed by atoms with van der Waals surface area (Å²) in [6.45, 7) is 12.0. The van der Waals surface area contributed by atoms with E-state index < -0.39 is 17.8 Å². The van der Waals surface area contributed by atoms with E-state index in [1.54, 1.807) is 0 Å². The Labute approximate surface area is 185 Å². The summed E-state index contributed by atoms with van der Waals surface area (Å²) in [5.41, 5.74) is -0.962. The van der Waals surface area contributed by atoms with Gasteiger partial charge in [0.05, 0.1) is 17.8 Å². The van der Waals surface area contributed by atoms with Crippen molar-refractivity contribution >= 4 is 0 Å². The molecule has 0 saturated heterocycles. The van der Waals surface area contributed by atoms with E-state index in [0.29, 0.717) is 29.6 Å². The quantitative estimate of drug-likeness (QED) is 0.546. The number of hydrogen-bond acceptors (Lipinski definition) is 3. The van der Waals surface area contributed by atoms with Crippen LogP contribution in [0.4, 0.5) is 0 Å². The van der Waals surface area contributed by atoms with E-state index in [9.17, 15) is 15.3 Å². The fourth-order valence-corrected chi connectivity index (χ4v) is 9.29. The van der Waals surface area contributed by atoms with Gasteiger partial charge in [0.25, 0.3) is 0 Å². The smallest absolute Gasteiger partial charge is 0.0985 e. The van der Waals surface area contributed by atoms with Crippen molar-refractivity contribution in [2.24, 2.45) is 46.3 Å². The molecule has 0 heterocycles. The Morgan fingerprint density at radius 1 is 0.900 bits per heavy atom. The highest BCUT2D eigenvalue weighted by Crippen LogP contribution is 2.69. The van der Waals surface area contributed by atoms with Crippen LogP contribution in [-0.2, 0) is 0 Å². The molecule has 2 unspecified atom stereocenters. The molecule has 0 spiro atoms. The largest absolute Gasteiger partial charge is 0.393 e. The Balaban J connectivity index is 1.53. The lowest BCUT2D eigenvalue weighted by atomic mass is 9.42. The van der Waals surface area contributed by atoms with Crippen molar-refractivity contribution < 1.29 is 15.3 Å². The Morgan fingerprint density at radius 3 is 2.33 bits per heavy atom. The van der Waals surface area contributed by atoms with Gasteiger partial charge in [-0.2, -0.15) is 0 Å². The summed E-state index contributed by atoms with van der Waals surface area (Å²) in [7, 11) is 0. The molecule has 3 heteroatoms. The first-order valence-electron chi connectivity index (χ1n) is 13.1. The van der Waals surface area contributed by atoms with Crippen LogP contribution in [0, 0.1) is 46.3 Å². The SMILES string of the molecule is CC(C)CCC[C@H](C)C1CCC2[C@H]3C[C@@H](O)[C@@]4(O)C[C@@H](O)CC[C@]4(C)[C@H]3CC[C@@]21C. The zero-order valence-corrected chi connectivity index (χ0v) is 20.2. The fourth-order valence-electron chi connectivity index (χ4n) is 9.29. The molecule has 0 aromatic carbocycles. The number of aliphatic hydroxyl groups is 3. The molecule has 0 bridgehead atoms. The zero-order valence-electron chi connectivity index (χ0n) is 20.2. The summed E-state index contributed by atoms with van der Waals surface area (Å²) in [5, 5.41) is 33.0. The third-order valence-corrected chi connectivity index (χ3v) is 11.0. The van der Waals surface area contributed by atoms with Gasteiger partial charge in [-0.15, -0.1) is 0 Å². The van der Waals surface area contributed by atoms with Crippen LogP contribution in [0.1, 0.15) is 105 Å². The lowest BCUT2D eigenvalue weighted by molar-refractivity contribution is -0.264. The molecule has 0 aromatic rings. The Morgan fingerprint density at radius 2 is 1.63 bits per heavy atom. The summed E-state index contributed by atoms with van der Waals surface area (Å²) in [4.78, 5) is 0. The predicted octanol–water partition coefficient (Wildman–Crippen LogP) is 5.55. The molecule has 0 aromatic heterocycles. The molecule has 4 aliphatic carbocycles. The molecule has 0 aliphatic heterocycles. The third-order valence-electron chi connectivity index (χ3n) is 11.0. The summed E-state index contributed by atoms with van der Waals surface area (Å²) >= 11 is 0. The average Bonchev–Trinajstić information content (AvgIpc) is 3.01. The van der Waals surface area contributed by atoms with Gasteiger partial charge in [0, 0.05) is 11.8 Å². The first-order chi connectivity index (χ1) is 14.0. The second-order valence-corrected chi connectivity index (χ2v) is 12.9. The van der Waals surface area contributed by atoms with Gasteiger partial charge in [0.2, 0.25) is 0 Å². The van der Waals surface area contributed by atoms with Gasteiger partial charge in [-0.1, -0.05) is 53.9 Å². The van der Waals surface area contributed by atoms with Crippen LogP contribution in [-0.4, -0.2) is 33.1 Å². The maximum Gasteiger partial charge on any atom is 0.0985 e. The summed E-state index contributed by atoms with van der Waals surface area (Å²) in [6, 6.07) is 0. The molecule has 3 nitrogen and oxygen atoms in total. The van der Waals surface area contributed by atoms with Gasteiger partial charge >= 0.3 is 0 Å². The zero-order chi connectivity index (χ0) is 21.9. The molecule has 0 amide bonds. The fraction of sp³-hybridized carbons (Fsp3) is 1.00. The normalized spacial score (nSPS) is 51.9. The molecule has 3 N–H and O–H groups in total. The van der Waals surface area contributed by atoms with E-state index in [2.05, 4.69) is 34.6 Å². The van der Waals surface area contributed by atoms with Crippen molar-refractivity contribution in [1.29, 1.82) is 0 Å². The van der Waals surface area contributed by atoms with E-state index >= 15 is 0 Å². The van der Waals surface area contributed by atoms with Crippen LogP contribution in [0.2, 0.25) is 0 Å². The van der Waals surface area contributed by atoms with Gasteiger partial charge in [0.1, 0.15) is 0 Å². The van der Waals surface area contributed by atoms with Crippen molar-refractivity contribution in [3.63, 3.8) is 0 Å². The van der Waals surface area contributed by atoms with Gasteiger partial charge in [-0.05, 0) is 85.9 Å². The molecule has 174 valence electrons. The third kappa shape index (κ3) is 3.41. The van der Waals surface area contributed by atoms with E-state index in [-0.39, 0.29) is 5.41 Å². The van der Waals surface area contributed by atoms with Gasteiger partial charge in [0.15, 0.2) is 0 Å². The summed E-state index contributed by atoms with van der Waals surface area (Å²) in [5.74, 6) is 4.13. The minimum atomic E-state index is -1.11. The first kappa shape index (κ1) is 23.1. The molecule has 4 fully saturated rings. The highest BCUT2D eigenvalue weighted by molar-refractivity contribution is 5.17. The number of fused-ring (bicyclic) bond motifs is 5. The standard InChI is InChI=1S/C27H48O3/c1-17(2)7-6-8-18(3)21-9-10-22-20-15-24(29)27(30)16-19(28)11-14-26(27,5)23(20)12-13-25(21,22)4/h17-24,28-30H,6-16H2,1-5H3/t18-,19-,20+,21?,22?,23-,24+,25+,26+,27-/m0/s1. The Bertz CT molecular complexity index is 619. The second kappa shape index (κ2) is 8.03. The van der Waals surface area contributed by atoms with Gasteiger partial charge < -0.3 is 15.3 Å². The second-order valence-electron chi connectivity index (χ2n) is 12.9. The Kier molecular flexibility index (Phi) is 6.17. The number of rotatable bonds is 5. The molecule has 4 rings (SSSR count). The van der Waals surface area contributed by atoms with Crippen LogP contribution in [0.25, 0.3) is 0 Å². The average molecular weight is 421 g/mol. The van der Waals surface area contributed by atoms with E-state index in [0.717, 1.165) is 37.0 Å². The van der Waals surface area contributed by atoms with Crippen LogP contribution in [0.3, 0.4) is 0 Å². The molecule has 0 radical (unpaired) electrons. The molecule has 10 atom stereocenters. The van der Waals surface area contributed by atoms with Crippen LogP contribution in [0.5, 0.6) is 0 Å². The van der Waals surface area contributed by atoms with Crippen molar-refractivity contribution in [3.05, 3.63) is 0 Å². The predicted molar refractivity (Wildman–Crippen MR) is 122 cm³/mol. The number of hydrogen-bond donors (Lipinski definition) is 3. The van der Waals surface area contributed by atoms with Crippen molar-refractivity contribution in [1.82, 2.24) is 0 Å². The molecule has 4 saturated carbocycles. The molecular formula is C27H48O3. The minimum absolute atomic E-state index is 0.253. The monoisotopic (exact) mass is 420 g/mol. The highest BCUT2D eigenvalue weighted by atomic mass is 16.3. The lowest BCUT2D eigenvalue weighted by Crippen LogP contribution is -2.68. The van der Waals surface area contributed by atoms with E-state index in [1.165, 1.54) is 44.9 Å². The molecule has 30 heavy (non-hydrogen) atoms. The Hall–Kier alpha value is -0.120. The van der Waals surface area contributed by atoms with Crippen molar-refractivity contribution in [2.75, 3.05) is 0 Å². The lowest BCUT2D eigenvalue weighted by Gasteiger charge is -2.65. The number of aliphatic hydroxyl groups excluding tert-OH is 2. The van der Waals surface area contributed by atoms with Crippen molar-refractivity contribution in [2.45, 2.75) is 123 Å². The van der Waals surface area contributed by atoms with Gasteiger partial charge in [-0.3, -0.25) is 0 Å². The van der Waals surface area contributed by atoms with E-state index in [4.69, 9.17) is 0 Å². The first-order valence-corrected chi connectivity index (χ1v) is 13.1. The van der Waals surface area contributed by atoms with Crippen LogP contribution in [0.15, 0.2) is 0 Å². The van der Waals surface area contributed by atoms with Crippen molar-refractivity contribution in [3.8, 4) is 0 Å². The minimum Gasteiger partial charge on any atom is -0.393 e. The van der Waals surface area contributed by atoms with Crippen LogP contribution >= 0.6 is 0 Å². The summed E-state index contributed by atoms with van der Waals surface area (Å²) < 4.78 is 0. The molecule has 4 aliphatic rings. The maximum absolute atomic E-state index is 11.6. The summed E-state index contributed by atoms with van der Waals surface area (Å²) in [6.07, 6.45) is 10.7. The molecular weight excluding hydrogens is 372 g/mol. The van der Waals surface area contributed by atoms with Crippen LogP contribution < -0.4 is 0 Å². The highest BCUT2D eigenvalue weighted by Gasteiger charge is 2.67. The maximum atomic E-state index is 11.6. The topological polar surface area (TPSA) is 60.7 Å². The van der Waals surface area contributed by atoms with Gasteiger partial charge in [-0.25, -0.2) is 0 Å².